The van der Waals surface area contributed by atoms with Crippen LogP contribution in [0, 0.1) is 0 Å². The van der Waals surface area contributed by atoms with E-state index < -0.39 is 0 Å². The fourth-order valence-corrected chi connectivity index (χ4v) is 1.97. The van der Waals surface area contributed by atoms with Crippen molar-refractivity contribution in [3.63, 3.8) is 0 Å². The van der Waals surface area contributed by atoms with Crippen molar-refractivity contribution >= 4 is 5.91 Å². The zero-order valence-corrected chi connectivity index (χ0v) is 10.8. The summed E-state index contributed by atoms with van der Waals surface area (Å²) in [6, 6.07) is 3.67. The lowest BCUT2D eigenvalue weighted by atomic mass is 10.3. The first kappa shape index (κ1) is 12.6. The van der Waals surface area contributed by atoms with Gasteiger partial charge in [0.2, 0.25) is 5.91 Å². The quantitative estimate of drug-likeness (QED) is 0.766. The monoisotopic (exact) mass is 246 g/mol. The third-order valence-electron chi connectivity index (χ3n) is 2.82. The van der Waals surface area contributed by atoms with Crippen LogP contribution in [0.2, 0.25) is 0 Å². The molecule has 4 heteroatoms. The number of likely N-dealkylation sites (tertiary alicyclic amines) is 1. The maximum absolute atomic E-state index is 11.8. The number of amides is 1. The molecule has 0 spiro atoms. The Morgan fingerprint density at radius 3 is 2.83 bits per heavy atom. The molecule has 1 saturated heterocycles. The third-order valence-corrected chi connectivity index (χ3v) is 2.82. The molecule has 0 unspecified atom stereocenters. The molecule has 1 amide bonds. The van der Waals surface area contributed by atoms with Gasteiger partial charge in [0.05, 0.1) is 6.54 Å². The lowest BCUT2D eigenvalue weighted by molar-refractivity contribution is -0.125. The lowest BCUT2D eigenvalue weighted by Gasteiger charge is -2.15. The smallest absolute Gasteiger partial charge is 0.246 e. The molecule has 96 valence electrons. The van der Waals surface area contributed by atoms with Gasteiger partial charge in [-0.3, -0.25) is 9.78 Å². The van der Waals surface area contributed by atoms with E-state index in [0.717, 1.165) is 24.3 Å². The summed E-state index contributed by atoms with van der Waals surface area (Å²) in [5.41, 5.74) is 1.03. The standard InChI is InChI=1S/C14H18N2O2/c1-11(2)9-14(17)16-8-5-13(10-16)18-12-3-6-15-7-4-12/h3-4,6-7,9,13H,5,8,10H2,1-2H3/t13-/m0/s1. The second-order valence-electron chi connectivity index (χ2n) is 4.72. The van der Waals surface area contributed by atoms with Crippen LogP contribution in [0.5, 0.6) is 5.75 Å². The van der Waals surface area contributed by atoms with Gasteiger partial charge in [0.1, 0.15) is 11.9 Å². The number of rotatable bonds is 3. The number of hydrogen-bond donors (Lipinski definition) is 0. The van der Waals surface area contributed by atoms with E-state index in [1.807, 2.05) is 30.9 Å². The van der Waals surface area contributed by atoms with Crippen LogP contribution in [0.3, 0.4) is 0 Å². The van der Waals surface area contributed by atoms with E-state index in [9.17, 15) is 4.79 Å². The molecule has 0 saturated carbocycles. The second-order valence-corrected chi connectivity index (χ2v) is 4.72. The minimum Gasteiger partial charge on any atom is -0.488 e. The van der Waals surface area contributed by atoms with Gasteiger partial charge in [-0.2, -0.15) is 0 Å². The Balaban J connectivity index is 1.89. The summed E-state index contributed by atoms with van der Waals surface area (Å²) in [5.74, 6) is 0.891. The van der Waals surface area contributed by atoms with Crippen LogP contribution in [0.15, 0.2) is 36.2 Å². The molecular weight excluding hydrogens is 228 g/mol. The maximum atomic E-state index is 11.8. The molecule has 0 aliphatic carbocycles. The van der Waals surface area contributed by atoms with Crippen LogP contribution in [0.4, 0.5) is 0 Å². The van der Waals surface area contributed by atoms with Crippen molar-refractivity contribution in [1.82, 2.24) is 9.88 Å². The second kappa shape index (κ2) is 5.67. The molecule has 0 bridgehead atoms. The molecule has 0 aromatic carbocycles. The number of allylic oxidation sites excluding steroid dienone is 1. The summed E-state index contributed by atoms with van der Waals surface area (Å²) >= 11 is 0. The molecule has 0 radical (unpaired) electrons. The van der Waals surface area contributed by atoms with Gasteiger partial charge in [0, 0.05) is 31.4 Å². The van der Waals surface area contributed by atoms with Crippen LogP contribution in [0.1, 0.15) is 20.3 Å². The predicted octanol–water partition coefficient (Wildman–Crippen LogP) is 2.03. The Labute approximate surface area is 107 Å². The Morgan fingerprint density at radius 1 is 1.44 bits per heavy atom. The van der Waals surface area contributed by atoms with E-state index in [-0.39, 0.29) is 12.0 Å². The van der Waals surface area contributed by atoms with E-state index in [0.29, 0.717) is 6.54 Å². The molecule has 1 aromatic heterocycles. The van der Waals surface area contributed by atoms with Crippen molar-refractivity contribution in [3.8, 4) is 5.75 Å². The third kappa shape index (κ3) is 3.32. The first-order chi connectivity index (χ1) is 8.65. The van der Waals surface area contributed by atoms with Crippen molar-refractivity contribution < 1.29 is 9.53 Å². The van der Waals surface area contributed by atoms with Crippen molar-refractivity contribution in [2.75, 3.05) is 13.1 Å². The summed E-state index contributed by atoms with van der Waals surface area (Å²) in [4.78, 5) is 17.6. The Kier molecular flexibility index (Phi) is 3.97. The zero-order chi connectivity index (χ0) is 13.0. The minimum atomic E-state index is 0.0795. The van der Waals surface area contributed by atoms with Crippen LogP contribution >= 0.6 is 0 Å². The highest BCUT2D eigenvalue weighted by Gasteiger charge is 2.26. The number of aromatic nitrogens is 1. The molecule has 18 heavy (non-hydrogen) atoms. The summed E-state index contributed by atoms with van der Waals surface area (Å²) < 4.78 is 5.81. The summed E-state index contributed by atoms with van der Waals surface area (Å²) in [6.45, 7) is 5.28. The van der Waals surface area contributed by atoms with Crippen molar-refractivity contribution in [3.05, 3.63) is 36.2 Å². The summed E-state index contributed by atoms with van der Waals surface area (Å²) in [6.07, 6.45) is 6.05. The number of nitrogens with zero attached hydrogens (tertiary/aromatic N) is 2. The number of ether oxygens (including phenoxy) is 1. The van der Waals surface area contributed by atoms with Crippen molar-refractivity contribution in [2.24, 2.45) is 0 Å². The summed E-state index contributed by atoms with van der Waals surface area (Å²) in [5, 5.41) is 0. The fourth-order valence-electron chi connectivity index (χ4n) is 1.97. The van der Waals surface area contributed by atoms with Crippen LogP contribution in [0.25, 0.3) is 0 Å². The van der Waals surface area contributed by atoms with E-state index in [4.69, 9.17) is 4.74 Å². The lowest BCUT2D eigenvalue weighted by Crippen LogP contribution is -2.29. The molecule has 1 aromatic rings. The molecule has 2 heterocycles. The van der Waals surface area contributed by atoms with Gasteiger partial charge < -0.3 is 9.64 Å². The molecule has 1 atom stereocenters. The highest BCUT2D eigenvalue weighted by molar-refractivity contribution is 5.88. The van der Waals surface area contributed by atoms with Crippen LogP contribution in [-0.4, -0.2) is 35.0 Å². The average molecular weight is 246 g/mol. The zero-order valence-electron chi connectivity index (χ0n) is 10.8. The van der Waals surface area contributed by atoms with E-state index in [1.165, 1.54) is 0 Å². The Hall–Kier alpha value is -1.84. The number of pyridine rings is 1. The van der Waals surface area contributed by atoms with Crippen molar-refractivity contribution in [1.29, 1.82) is 0 Å². The molecule has 1 aliphatic rings. The number of hydrogen-bond acceptors (Lipinski definition) is 3. The highest BCUT2D eigenvalue weighted by atomic mass is 16.5. The maximum Gasteiger partial charge on any atom is 0.246 e. The molecule has 2 rings (SSSR count). The SMILES string of the molecule is CC(C)=CC(=O)N1CC[C@H](Oc2ccncc2)C1. The van der Waals surface area contributed by atoms with Crippen LogP contribution < -0.4 is 4.74 Å². The molecular formula is C14H18N2O2. The van der Waals surface area contributed by atoms with Gasteiger partial charge >= 0.3 is 0 Å². The highest BCUT2D eigenvalue weighted by Crippen LogP contribution is 2.17. The van der Waals surface area contributed by atoms with E-state index >= 15 is 0 Å². The van der Waals surface area contributed by atoms with Crippen LogP contribution in [-0.2, 0) is 4.79 Å². The van der Waals surface area contributed by atoms with Gasteiger partial charge in [-0.15, -0.1) is 0 Å². The fraction of sp³-hybridized carbons (Fsp3) is 0.429. The number of carbonyl (C=O) groups is 1. The normalized spacial score (nSPS) is 18.6. The van der Waals surface area contributed by atoms with E-state index in [1.54, 1.807) is 18.5 Å². The molecule has 1 aliphatic heterocycles. The van der Waals surface area contributed by atoms with Gasteiger partial charge in [0.15, 0.2) is 0 Å². The average Bonchev–Trinajstić information content (AvgIpc) is 2.78. The van der Waals surface area contributed by atoms with E-state index in [2.05, 4.69) is 4.98 Å². The predicted molar refractivity (Wildman–Crippen MR) is 69.3 cm³/mol. The molecule has 4 nitrogen and oxygen atoms in total. The first-order valence-corrected chi connectivity index (χ1v) is 6.15. The van der Waals surface area contributed by atoms with Gasteiger partial charge in [-0.05, 0) is 26.0 Å². The minimum absolute atomic E-state index is 0.0795. The van der Waals surface area contributed by atoms with Gasteiger partial charge in [0.25, 0.3) is 0 Å². The number of carbonyl (C=O) groups excluding carboxylic acids is 1. The van der Waals surface area contributed by atoms with Gasteiger partial charge in [-0.25, -0.2) is 0 Å². The Morgan fingerprint density at radius 2 is 2.17 bits per heavy atom. The Bertz CT molecular complexity index is 438. The first-order valence-electron chi connectivity index (χ1n) is 6.15. The molecule has 0 N–H and O–H groups in total. The topological polar surface area (TPSA) is 42.4 Å². The largest absolute Gasteiger partial charge is 0.488 e. The summed E-state index contributed by atoms with van der Waals surface area (Å²) in [7, 11) is 0. The van der Waals surface area contributed by atoms with Gasteiger partial charge in [-0.1, -0.05) is 5.57 Å². The van der Waals surface area contributed by atoms with Crippen molar-refractivity contribution in [2.45, 2.75) is 26.4 Å². The molecule has 1 fully saturated rings.